The largest absolute Gasteiger partial charge is 0.368 e. The van der Waals surface area contributed by atoms with E-state index in [1.54, 1.807) is 6.92 Å². The van der Waals surface area contributed by atoms with Gasteiger partial charge < -0.3 is 15.4 Å². The van der Waals surface area contributed by atoms with Crippen LogP contribution in [0.3, 0.4) is 0 Å². The summed E-state index contributed by atoms with van der Waals surface area (Å²) in [5.41, 5.74) is 6.43. The van der Waals surface area contributed by atoms with Gasteiger partial charge in [-0.25, -0.2) is 4.98 Å². The van der Waals surface area contributed by atoms with Crippen molar-refractivity contribution in [3.8, 4) is 0 Å². The first-order valence-corrected chi connectivity index (χ1v) is 6.49. The van der Waals surface area contributed by atoms with Crippen LogP contribution in [0.1, 0.15) is 24.8 Å². The Hall–Kier alpha value is -0.930. The molecule has 1 aliphatic rings. The van der Waals surface area contributed by atoms with Crippen LogP contribution >= 0.6 is 20.8 Å². The van der Waals surface area contributed by atoms with E-state index in [-0.39, 0.29) is 17.6 Å². The van der Waals surface area contributed by atoms with Crippen LogP contribution in [0.5, 0.6) is 0 Å². The van der Waals surface area contributed by atoms with Crippen molar-refractivity contribution >= 4 is 38.4 Å². The van der Waals surface area contributed by atoms with Crippen LogP contribution in [-0.2, 0) is 4.79 Å². The van der Waals surface area contributed by atoms with E-state index < -0.39 is 0 Å². The molecule has 0 radical (unpaired) electrons. The summed E-state index contributed by atoms with van der Waals surface area (Å²) in [5, 5.41) is 0.361. The summed E-state index contributed by atoms with van der Waals surface area (Å²) in [6.07, 6.45) is 1.19. The van der Waals surface area contributed by atoms with E-state index in [9.17, 15) is 4.79 Å². The summed E-state index contributed by atoms with van der Waals surface area (Å²) in [7, 11) is 2.63. The number of aromatic nitrogens is 2. The molecular weight excluding hydrogens is 259 g/mol. The predicted octanol–water partition coefficient (Wildman–Crippen LogP) is 1.43. The number of nitrogen functional groups attached to an aromatic ring is 1. The first-order chi connectivity index (χ1) is 8.02. The van der Waals surface area contributed by atoms with Crippen molar-refractivity contribution in [2.24, 2.45) is 0 Å². The molecule has 1 aromatic rings. The van der Waals surface area contributed by atoms with Gasteiger partial charge in [0.2, 0.25) is 5.95 Å². The Morgan fingerprint density at radius 1 is 1.65 bits per heavy atom. The second-order valence-electron chi connectivity index (χ2n) is 4.12. The molecule has 0 aromatic carbocycles. The van der Waals surface area contributed by atoms with E-state index in [0.29, 0.717) is 11.6 Å². The van der Waals surface area contributed by atoms with Crippen molar-refractivity contribution in [1.82, 2.24) is 9.97 Å². The molecule has 2 atom stereocenters. The van der Waals surface area contributed by atoms with Gasteiger partial charge in [0.25, 0.3) is 0 Å². The molecule has 2 N–H and O–H groups in total. The molecule has 5 nitrogen and oxygen atoms in total. The topological polar surface area (TPSA) is 72.1 Å². The van der Waals surface area contributed by atoms with Gasteiger partial charge in [0.1, 0.15) is 16.8 Å². The van der Waals surface area contributed by atoms with E-state index in [1.165, 1.54) is 0 Å². The summed E-state index contributed by atoms with van der Waals surface area (Å²) in [6.45, 7) is 2.31. The van der Waals surface area contributed by atoms with Gasteiger partial charge in [-0.05, 0) is 6.92 Å². The fourth-order valence-electron chi connectivity index (χ4n) is 2.16. The second kappa shape index (κ2) is 4.75. The molecule has 1 aliphatic heterocycles. The minimum atomic E-state index is 0.0659. The molecule has 17 heavy (non-hydrogen) atoms. The van der Waals surface area contributed by atoms with Crippen LogP contribution in [0.25, 0.3) is 0 Å². The van der Waals surface area contributed by atoms with Crippen LogP contribution in [0.15, 0.2) is 0 Å². The fourth-order valence-corrected chi connectivity index (χ4v) is 2.80. The first-order valence-electron chi connectivity index (χ1n) is 5.30. The van der Waals surface area contributed by atoms with Crippen molar-refractivity contribution in [2.45, 2.75) is 19.3 Å². The standard InChI is InChI=1S/C10H14ClN4OP/c1-5(16)2-6-3-15(4-17)9-7(6)8(11)13-10(12)14-9/h6H,2-4,17H2,1H3,(H2,12,13,14). The highest BCUT2D eigenvalue weighted by Gasteiger charge is 2.33. The predicted molar refractivity (Wildman–Crippen MR) is 71.4 cm³/mol. The number of anilines is 2. The lowest BCUT2D eigenvalue weighted by atomic mass is 9.99. The number of hydrogen-bond donors (Lipinski definition) is 1. The lowest BCUT2D eigenvalue weighted by Gasteiger charge is -2.15. The number of rotatable bonds is 3. The smallest absolute Gasteiger partial charge is 0.223 e. The normalized spacial score (nSPS) is 18.3. The van der Waals surface area contributed by atoms with Gasteiger partial charge in [-0.1, -0.05) is 11.6 Å². The molecule has 0 saturated heterocycles. The highest BCUT2D eigenvalue weighted by Crippen LogP contribution is 2.41. The number of nitrogens with two attached hydrogens (primary N) is 1. The number of ketones is 1. The van der Waals surface area contributed by atoms with E-state index in [2.05, 4.69) is 19.2 Å². The van der Waals surface area contributed by atoms with E-state index in [0.717, 1.165) is 24.2 Å². The van der Waals surface area contributed by atoms with E-state index >= 15 is 0 Å². The van der Waals surface area contributed by atoms with Crippen molar-refractivity contribution in [3.05, 3.63) is 10.7 Å². The summed E-state index contributed by atoms with van der Waals surface area (Å²) >= 11 is 6.10. The summed E-state index contributed by atoms with van der Waals surface area (Å²) in [5.74, 6) is 1.13. The summed E-state index contributed by atoms with van der Waals surface area (Å²) in [6, 6.07) is 0. The zero-order valence-corrected chi connectivity index (χ0v) is 11.4. The zero-order valence-electron chi connectivity index (χ0n) is 9.48. The molecule has 2 unspecified atom stereocenters. The number of halogens is 1. The van der Waals surface area contributed by atoms with Gasteiger partial charge in [0.15, 0.2) is 0 Å². The lowest BCUT2D eigenvalue weighted by Crippen LogP contribution is -2.21. The number of carbonyl (C=O) groups is 1. The molecule has 0 saturated carbocycles. The summed E-state index contributed by atoms with van der Waals surface area (Å²) in [4.78, 5) is 21.5. The van der Waals surface area contributed by atoms with Gasteiger partial charge in [0, 0.05) is 30.7 Å². The minimum absolute atomic E-state index is 0.0659. The minimum Gasteiger partial charge on any atom is -0.368 e. The van der Waals surface area contributed by atoms with Crippen LogP contribution in [0.4, 0.5) is 11.8 Å². The van der Waals surface area contributed by atoms with Crippen LogP contribution in [-0.4, -0.2) is 28.6 Å². The monoisotopic (exact) mass is 272 g/mol. The van der Waals surface area contributed by atoms with Crippen molar-refractivity contribution < 1.29 is 4.79 Å². The Bertz CT molecular complexity index is 468. The van der Waals surface area contributed by atoms with Gasteiger partial charge in [-0.15, -0.1) is 9.24 Å². The van der Waals surface area contributed by atoms with Gasteiger partial charge in [-0.2, -0.15) is 4.98 Å². The number of Topliss-reactive ketones (excluding diaryl/α,β-unsaturated/α-hetero) is 1. The quantitative estimate of drug-likeness (QED) is 0.666. The average Bonchev–Trinajstić information content (AvgIpc) is 2.55. The van der Waals surface area contributed by atoms with E-state index in [4.69, 9.17) is 17.3 Å². The van der Waals surface area contributed by atoms with Crippen molar-refractivity contribution in [2.75, 3.05) is 23.5 Å². The molecule has 0 fully saturated rings. The van der Waals surface area contributed by atoms with Crippen molar-refractivity contribution in [3.63, 3.8) is 0 Å². The van der Waals surface area contributed by atoms with E-state index in [1.807, 2.05) is 4.90 Å². The maximum atomic E-state index is 11.3. The molecule has 0 spiro atoms. The third kappa shape index (κ3) is 2.35. The molecule has 2 heterocycles. The third-order valence-electron chi connectivity index (χ3n) is 2.80. The number of carbonyl (C=O) groups excluding carboxylic acids is 1. The average molecular weight is 273 g/mol. The maximum absolute atomic E-state index is 11.3. The lowest BCUT2D eigenvalue weighted by molar-refractivity contribution is -0.117. The molecular formula is C10H14ClN4OP. The fraction of sp³-hybridized carbons (Fsp3) is 0.500. The van der Waals surface area contributed by atoms with Gasteiger partial charge in [0.05, 0.1) is 0 Å². The van der Waals surface area contributed by atoms with Gasteiger partial charge in [-0.3, -0.25) is 0 Å². The van der Waals surface area contributed by atoms with Gasteiger partial charge >= 0.3 is 0 Å². The molecule has 92 valence electrons. The maximum Gasteiger partial charge on any atom is 0.223 e. The Labute approximate surface area is 107 Å². The zero-order chi connectivity index (χ0) is 12.6. The Balaban J connectivity index is 2.45. The molecule has 0 amide bonds. The van der Waals surface area contributed by atoms with Crippen molar-refractivity contribution in [1.29, 1.82) is 0 Å². The third-order valence-corrected chi connectivity index (χ3v) is 3.53. The van der Waals surface area contributed by atoms with Crippen LogP contribution in [0, 0.1) is 0 Å². The molecule has 0 bridgehead atoms. The highest BCUT2D eigenvalue weighted by atomic mass is 35.5. The molecule has 0 aliphatic carbocycles. The van der Waals surface area contributed by atoms with Crippen LogP contribution in [0.2, 0.25) is 5.15 Å². The number of hydrogen-bond acceptors (Lipinski definition) is 5. The first kappa shape index (κ1) is 12.5. The second-order valence-corrected chi connectivity index (χ2v) is 4.84. The Kier molecular flexibility index (Phi) is 3.50. The number of nitrogens with zero attached hydrogens (tertiary/aromatic N) is 3. The summed E-state index contributed by atoms with van der Waals surface area (Å²) < 4.78 is 0. The van der Waals surface area contributed by atoms with Crippen LogP contribution < -0.4 is 10.6 Å². The molecule has 1 aromatic heterocycles. The Morgan fingerprint density at radius 3 is 2.94 bits per heavy atom. The molecule has 7 heteroatoms. The number of fused-ring (bicyclic) bond motifs is 1. The molecule has 2 rings (SSSR count). The SMILES string of the molecule is CC(=O)CC1CN(CP)c2nc(N)nc(Cl)c21. The Morgan fingerprint density at radius 2 is 2.35 bits per heavy atom. The highest BCUT2D eigenvalue weighted by molar-refractivity contribution is 7.16.